The van der Waals surface area contributed by atoms with Crippen molar-refractivity contribution in [1.29, 1.82) is 0 Å². The van der Waals surface area contributed by atoms with Gasteiger partial charge >= 0.3 is 5.97 Å². The Balaban J connectivity index is 3.00. The van der Waals surface area contributed by atoms with Crippen LogP contribution in [0.1, 0.15) is 12.5 Å². The minimum atomic E-state index is -0.434. The third-order valence-corrected chi connectivity index (χ3v) is 1.45. The molecule has 0 amide bonds. The first kappa shape index (κ1) is 8.59. The van der Waals surface area contributed by atoms with Gasteiger partial charge in [0.2, 0.25) is 0 Å². The normalized spacial score (nSPS) is 9.50. The van der Waals surface area contributed by atoms with E-state index in [0.29, 0.717) is 5.56 Å². The molecule has 0 bridgehead atoms. The first-order valence-corrected chi connectivity index (χ1v) is 3.58. The van der Waals surface area contributed by atoms with Gasteiger partial charge in [0, 0.05) is 6.92 Å². The Morgan fingerprint density at radius 3 is 2.75 bits per heavy atom. The summed E-state index contributed by atoms with van der Waals surface area (Å²) in [6.07, 6.45) is 0. The molecule has 0 aromatic heterocycles. The van der Waals surface area contributed by atoms with Gasteiger partial charge < -0.3 is 9.84 Å². The number of ether oxygens (including phenoxy) is 1. The molecule has 0 saturated carbocycles. The molecule has 1 aromatic carbocycles. The number of para-hydroxylation sites is 1. The van der Waals surface area contributed by atoms with Crippen LogP contribution in [-0.4, -0.2) is 11.1 Å². The lowest BCUT2D eigenvalue weighted by molar-refractivity contribution is -0.132. The van der Waals surface area contributed by atoms with Crippen molar-refractivity contribution >= 4 is 5.97 Å². The van der Waals surface area contributed by atoms with Crippen molar-refractivity contribution in [2.24, 2.45) is 0 Å². The fraction of sp³-hybridized carbons (Fsp3) is 0.222. The number of benzene rings is 1. The number of aromatic hydroxyl groups is 1. The summed E-state index contributed by atoms with van der Waals surface area (Å²) in [6.45, 7) is 3.03. The van der Waals surface area contributed by atoms with E-state index < -0.39 is 5.97 Å². The summed E-state index contributed by atoms with van der Waals surface area (Å²) in [5.41, 5.74) is 0.689. The van der Waals surface area contributed by atoms with E-state index in [1.54, 1.807) is 25.1 Å². The van der Waals surface area contributed by atoms with Crippen LogP contribution >= 0.6 is 0 Å². The van der Waals surface area contributed by atoms with Crippen LogP contribution in [0.5, 0.6) is 11.5 Å². The number of carbonyl (C=O) groups is 1. The average molecular weight is 166 g/mol. The average Bonchev–Trinajstić information content (AvgIpc) is 1.98. The fourth-order valence-corrected chi connectivity index (χ4v) is 0.869. The number of hydrogen-bond donors (Lipinski definition) is 1. The predicted octanol–water partition coefficient (Wildman–Crippen LogP) is 1.63. The largest absolute Gasteiger partial charge is 0.504 e. The second-order valence-electron chi connectivity index (χ2n) is 2.52. The maximum absolute atomic E-state index is 10.5. The Kier molecular flexibility index (Phi) is 2.33. The summed E-state index contributed by atoms with van der Waals surface area (Å²) in [4.78, 5) is 10.5. The lowest BCUT2D eigenvalue weighted by atomic mass is 10.2. The minimum absolute atomic E-state index is 0.0210. The van der Waals surface area contributed by atoms with E-state index in [1.807, 2.05) is 0 Å². The highest BCUT2D eigenvalue weighted by Gasteiger charge is 2.05. The van der Waals surface area contributed by atoms with Gasteiger partial charge in [-0.25, -0.2) is 0 Å². The number of rotatable bonds is 1. The van der Waals surface area contributed by atoms with E-state index in [2.05, 4.69) is 0 Å². The van der Waals surface area contributed by atoms with Crippen LogP contribution in [0.25, 0.3) is 0 Å². The molecule has 0 atom stereocenters. The van der Waals surface area contributed by atoms with Crippen molar-refractivity contribution in [3.63, 3.8) is 0 Å². The monoisotopic (exact) mass is 166 g/mol. The molecule has 0 heterocycles. The van der Waals surface area contributed by atoms with Crippen molar-refractivity contribution < 1.29 is 14.6 Å². The molecule has 1 aromatic rings. The molecule has 0 aliphatic heterocycles. The van der Waals surface area contributed by atoms with Crippen LogP contribution in [0.15, 0.2) is 18.2 Å². The van der Waals surface area contributed by atoms with Crippen molar-refractivity contribution in [2.45, 2.75) is 13.8 Å². The lowest BCUT2D eigenvalue weighted by Gasteiger charge is -2.04. The van der Waals surface area contributed by atoms with Crippen molar-refractivity contribution in [3.8, 4) is 11.5 Å². The third kappa shape index (κ3) is 1.75. The van der Waals surface area contributed by atoms with Gasteiger partial charge in [0.25, 0.3) is 0 Å². The Morgan fingerprint density at radius 1 is 1.50 bits per heavy atom. The highest BCUT2D eigenvalue weighted by molar-refractivity contribution is 5.70. The van der Waals surface area contributed by atoms with Gasteiger partial charge in [0.1, 0.15) is 0 Å². The zero-order chi connectivity index (χ0) is 9.14. The van der Waals surface area contributed by atoms with Gasteiger partial charge in [-0.2, -0.15) is 0 Å². The van der Waals surface area contributed by atoms with E-state index in [4.69, 9.17) is 4.74 Å². The molecule has 1 rings (SSSR count). The van der Waals surface area contributed by atoms with Crippen LogP contribution in [0.2, 0.25) is 0 Å². The third-order valence-electron chi connectivity index (χ3n) is 1.45. The van der Waals surface area contributed by atoms with Crippen molar-refractivity contribution in [2.75, 3.05) is 0 Å². The summed E-state index contributed by atoms with van der Waals surface area (Å²) in [5.74, 6) is -0.203. The first-order valence-electron chi connectivity index (χ1n) is 3.58. The predicted molar refractivity (Wildman–Crippen MR) is 44.2 cm³/mol. The molecule has 0 aliphatic rings. The van der Waals surface area contributed by atoms with Crippen LogP contribution in [0, 0.1) is 6.92 Å². The highest BCUT2D eigenvalue weighted by Crippen LogP contribution is 2.28. The van der Waals surface area contributed by atoms with Crippen LogP contribution in [-0.2, 0) is 4.79 Å². The van der Waals surface area contributed by atoms with Gasteiger partial charge in [0.05, 0.1) is 0 Å². The number of aryl methyl sites for hydroxylation is 1. The second kappa shape index (κ2) is 3.26. The number of phenolic OH excluding ortho intramolecular Hbond substituents is 1. The minimum Gasteiger partial charge on any atom is -0.504 e. The quantitative estimate of drug-likeness (QED) is 0.509. The smallest absolute Gasteiger partial charge is 0.308 e. The Labute approximate surface area is 70.6 Å². The lowest BCUT2D eigenvalue weighted by Crippen LogP contribution is -2.01. The molecular formula is C9H10O3. The Morgan fingerprint density at radius 2 is 2.17 bits per heavy atom. The Hall–Kier alpha value is -1.51. The zero-order valence-electron chi connectivity index (χ0n) is 7.00. The molecule has 1 N–H and O–H groups in total. The summed E-state index contributed by atoms with van der Waals surface area (Å²) in [6, 6.07) is 5.00. The standard InChI is InChI=1S/C9H10O3/c1-6-4-3-5-8(9(6)11)12-7(2)10/h3-5,11H,1-2H3. The molecule has 3 nitrogen and oxygen atoms in total. The maximum atomic E-state index is 10.5. The van der Waals surface area contributed by atoms with E-state index in [1.165, 1.54) is 6.92 Å². The SMILES string of the molecule is CC(=O)Oc1cccc(C)c1O. The Bertz CT molecular complexity index is 305. The molecule has 0 spiro atoms. The number of esters is 1. The van der Waals surface area contributed by atoms with Gasteiger partial charge in [-0.3, -0.25) is 4.79 Å². The maximum Gasteiger partial charge on any atom is 0.308 e. The van der Waals surface area contributed by atoms with Crippen LogP contribution in [0.4, 0.5) is 0 Å². The van der Waals surface area contributed by atoms with E-state index >= 15 is 0 Å². The van der Waals surface area contributed by atoms with Crippen molar-refractivity contribution in [3.05, 3.63) is 23.8 Å². The molecule has 0 radical (unpaired) electrons. The van der Waals surface area contributed by atoms with Crippen LogP contribution < -0.4 is 4.74 Å². The second-order valence-corrected chi connectivity index (χ2v) is 2.52. The van der Waals surface area contributed by atoms with Crippen LogP contribution in [0.3, 0.4) is 0 Å². The molecule has 64 valence electrons. The summed E-state index contributed by atoms with van der Waals surface area (Å²) in [5, 5.41) is 9.37. The number of carbonyl (C=O) groups excluding carboxylic acids is 1. The molecule has 0 aliphatic carbocycles. The van der Waals surface area contributed by atoms with Gasteiger partial charge in [-0.05, 0) is 18.6 Å². The summed E-state index contributed by atoms with van der Waals surface area (Å²) < 4.78 is 4.74. The first-order chi connectivity index (χ1) is 5.61. The molecule has 0 saturated heterocycles. The molecule has 3 heteroatoms. The van der Waals surface area contributed by atoms with Crippen molar-refractivity contribution in [1.82, 2.24) is 0 Å². The number of phenols is 1. The summed E-state index contributed by atoms with van der Waals surface area (Å²) in [7, 11) is 0. The van der Waals surface area contributed by atoms with E-state index in [-0.39, 0.29) is 11.5 Å². The van der Waals surface area contributed by atoms with E-state index in [0.717, 1.165) is 0 Å². The highest BCUT2D eigenvalue weighted by atomic mass is 16.5. The zero-order valence-corrected chi connectivity index (χ0v) is 7.00. The van der Waals surface area contributed by atoms with Gasteiger partial charge in [-0.15, -0.1) is 0 Å². The summed E-state index contributed by atoms with van der Waals surface area (Å²) >= 11 is 0. The molecule has 12 heavy (non-hydrogen) atoms. The topological polar surface area (TPSA) is 46.5 Å². The van der Waals surface area contributed by atoms with E-state index in [9.17, 15) is 9.90 Å². The number of hydrogen-bond acceptors (Lipinski definition) is 3. The molecular weight excluding hydrogens is 156 g/mol. The van der Waals surface area contributed by atoms with Gasteiger partial charge in [0.15, 0.2) is 11.5 Å². The molecule has 0 fully saturated rings. The van der Waals surface area contributed by atoms with Gasteiger partial charge in [-0.1, -0.05) is 12.1 Å². The molecule has 0 unspecified atom stereocenters. The fourth-order valence-electron chi connectivity index (χ4n) is 0.869.